The van der Waals surface area contributed by atoms with Crippen LogP contribution in [0.2, 0.25) is 0 Å². The van der Waals surface area contributed by atoms with Crippen molar-refractivity contribution in [1.82, 2.24) is 20.2 Å². The highest BCUT2D eigenvalue weighted by molar-refractivity contribution is 5.92. The van der Waals surface area contributed by atoms with Gasteiger partial charge < -0.3 is 15.5 Å². The quantitative estimate of drug-likeness (QED) is 0.838. The molecule has 1 amide bonds. The fraction of sp³-hybridized carbons (Fsp3) is 0.615. The minimum atomic E-state index is -0.146. The van der Waals surface area contributed by atoms with Crippen molar-refractivity contribution in [2.45, 2.75) is 25.8 Å². The SMILES string of the molecule is CCNc1cncc(C(=O)NC2CCCN(C)C2)n1. The fourth-order valence-electron chi connectivity index (χ4n) is 2.29. The number of likely N-dealkylation sites (N-methyl/N-ethyl adjacent to an activating group) is 1. The molecule has 6 heteroatoms. The summed E-state index contributed by atoms with van der Waals surface area (Å²) in [5.41, 5.74) is 0.367. The summed E-state index contributed by atoms with van der Waals surface area (Å²) < 4.78 is 0. The molecule has 0 aliphatic carbocycles. The molecule has 19 heavy (non-hydrogen) atoms. The lowest BCUT2D eigenvalue weighted by Crippen LogP contribution is -2.46. The standard InChI is InChI=1S/C13H21N5O/c1-3-15-12-8-14-7-11(17-12)13(19)16-10-5-4-6-18(2)9-10/h7-8,10H,3-6,9H2,1-2H3,(H,15,17)(H,16,19). The van der Waals surface area contributed by atoms with Crippen LogP contribution in [0.4, 0.5) is 5.82 Å². The summed E-state index contributed by atoms with van der Waals surface area (Å²) in [5, 5.41) is 6.08. The van der Waals surface area contributed by atoms with Crippen LogP contribution in [0, 0.1) is 0 Å². The number of hydrogen-bond donors (Lipinski definition) is 2. The van der Waals surface area contributed by atoms with Crippen LogP contribution in [-0.4, -0.2) is 53.5 Å². The van der Waals surface area contributed by atoms with Crippen molar-refractivity contribution in [3.63, 3.8) is 0 Å². The summed E-state index contributed by atoms with van der Waals surface area (Å²) in [6.07, 6.45) is 5.26. The van der Waals surface area contributed by atoms with Gasteiger partial charge in [0.2, 0.25) is 0 Å². The molecule has 2 rings (SSSR count). The van der Waals surface area contributed by atoms with Crippen LogP contribution in [0.3, 0.4) is 0 Å². The van der Waals surface area contributed by atoms with Crippen LogP contribution in [0.1, 0.15) is 30.3 Å². The normalized spacial score (nSPS) is 20.0. The topological polar surface area (TPSA) is 70.2 Å². The maximum absolute atomic E-state index is 12.1. The van der Waals surface area contributed by atoms with E-state index in [2.05, 4.69) is 32.5 Å². The van der Waals surface area contributed by atoms with Crippen LogP contribution in [-0.2, 0) is 0 Å². The predicted molar refractivity (Wildman–Crippen MR) is 74.2 cm³/mol. The first-order valence-corrected chi connectivity index (χ1v) is 6.74. The highest BCUT2D eigenvalue weighted by Gasteiger charge is 2.20. The van der Waals surface area contributed by atoms with Gasteiger partial charge in [0.1, 0.15) is 11.5 Å². The highest BCUT2D eigenvalue weighted by atomic mass is 16.2. The smallest absolute Gasteiger partial charge is 0.271 e. The number of aromatic nitrogens is 2. The van der Waals surface area contributed by atoms with Crippen molar-refractivity contribution in [3.05, 3.63) is 18.1 Å². The molecule has 1 aromatic heterocycles. The zero-order valence-corrected chi connectivity index (χ0v) is 11.5. The third-order valence-corrected chi connectivity index (χ3v) is 3.18. The molecule has 0 aromatic carbocycles. The Morgan fingerprint density at radius 3 is 3.11 bits per heavy atom. The molecule has 1 aliphatic heterocycles. The highest BCUT2D eigenvalue weighted by Crippen LogP contribution is 2.09. The third kappa shape index (κ3) is 3.89. The molecule has 1 aromatic rings. The zero-order valence-electron chi connectivity index (χ0n) is 11.5. The first-order valence-electron chi connectivity index (χ1n) is 6.74. The molecule has 1 unspecified atom stereocenters. The molecule has 2 heterocycles. The maximum atomic E-state index is 12.1. The summed E-state index contributed by atoms with van der Waals surface area (Å²) in [7, 11) is 2.07. The summed E-state index contributed by atoms with van der Waals surface area (Å²) in [6.45, 7) is 4.73. The molecule has 1 saturated heterocycles. The van der Waals surface area contributed by atoms with Gasteiger partial charge in [0, 0.05) is 19.1 Å². The lowest BCUT2D eigenvalue weighted by Gasteiger charge is -2.30. The molecule has 1 atom stereocenters. The van der Waals surface area contributed by atoms with Gasteiger partial charge in [-0.2, -0.15) is 0 Å². The Morgan fingerprint density at radius 2 is 2.37 bits per heavy atom. The van der Waals surface area contributed by atoms with E-state index in [1.807, 2.05) is 6.92 Å². The Balaban J connectivity index is 1.97. The van der Waals surface area contributed by atoms with Gasteiger partial charge in [0.05, 0.1) is 12.4 Å². The van der Waals surface area contributed by atoms with E-state index >= 15 is 0 Å². The van der Waals surface area contributed by atoms with Crippen molar-refractivity contribution in [2.24, 2.45) is 0 Å². The number of amides is 1. The lowest BCUT2D eigenvalue weighted by atomic mass is 10.1. The Hall–Kier alpha value is -1.69. The molecule has 0 radical (unpaired) electrons. The number of nitrogens with one attached hydrogen (secondary N) is 2. The molecule has 1 fully saturated rings. The second kappa shape index (κ2) is 6.47. The monoisotopic (exact) mass is 263 g/mol. The fourth-order valence-corrected chi connectivity index (χ4v) is 2.29. The van der Waals surface area contributed by atoms with E-state index in [1.54, 1.807) is 6.20 Å². The van der Waals surface area contributed by atoms with Gasteiger partial charge in [-0.15, -0.1) is 0 Å². The van der Waals surface area contributed by atoms with E-state index in [-0.39, 0.29) is 11.9 Å². The van der Waals surface area contributed by atoms with Crippen LogP contribution < -0.4 is 10.6 Å². The first kappa shape index (κ1) is 13.7. The van der Waals surface area contributed by atoms with Gasteiger partial charge in [-0.1, -0.05) is 0 Å². The van der Waals surface area contributed by atoms with Crippen molar-refractivity contribution in [1.29, 1.82) is 0 Å². The van der Waals surface area contributed by atoms with E-state index in [9.17, 15) is 4.79 Å². The van der Waals surface area contributed by atoms with E-state index in [1.165, 1.54) is 6.20 Å². The van der Waals surface area contributed by atoms with Crippen molar-refractivity contribution >= 4 is 11.7 Å². The summed E-state index contributed by atoms with van der Waals surface area (Å²) in [6, 6.07) is 0.204. The number of likely N-dealkylation sites (tertiary alicyclic amines) is 1. The summed E-state index contributed by atoms with van der Waals surface area (Å²) >= 11 is 0. The summed E-state index contributed by atoms with van der Waals surface area (Å²) in [4.78, 5) is 22.6. The van der Waals surface area contributed by atoms with E-state index in [0.29, 0.717) is 11.5 Å². The molecule has 0 bridgehead atoms. The number of anilines is 1. The molecule has 1 aliphatic rings. The largest absolute Gasteiger partial charge is 0.369 e. The first-order chi connectivity index (χ1) is 9.19. The zero-order chi connectivity index (χ0) is 13.7. The average molecular weight is 263 g/mol. The molecule has 0 spiro atoms. The number of rotatable bonds is 4. The van der Waals surface area contributed by atoms with Gasteiger partial charge in [0.15, 0.2) is 0 Å². The van der Waals surface area contributed by atoms with Crippen molar-refractivity contribution in [2.75, 3.05) is 32.0 Å². The lowest BCUT2D eigenvalue weighted by molar-refractivity contribution is 0.0907. The second-order valence-corrected chi connectivity index (χ2v) is 4.89. The number of hydrogen-bond acceptors (Lipinski definition) is 5. The van der Waals surface area contributed by atoms with E-state index in [4.69, 9.17) is 0 Å². The van der Waals surface area contributed by atoms with Gasteiger partial charge in [0.25, 0.3) is 5.91 Å². The van der Waals surface area contributed by atoms with Gasteiger partial charge in [-0.05, 0) is 33.4 Å². The second-order valence-electron chi connectivity index (χ2n) is 4.89. The minimum Gasteiger partial charge on any atom is -0.369 e. The predicted octanol–water partition coefficient (Wildman–Crippen LogP) is 0.732. The third-order valence-electron chi connectivity index (χ3n) is 3.18. The Bertz CT molecular complexity index is 437. The van der Waals surface area contributed by atoms with Gasteiger partial charge in [-0.3, -0.25) is 9.78 Å². The van der Waals surface area contributed by atoms with Crippen LogP contribution in [0.5, 0.6) is 0 Å². The van der Waals surface area contributed by atoms with Gasteiger partial charge >= 0.3 is 0 Å². The van der Waals surface area contributed by atoms with Crippen LogP contribution >= 0.6 is 0 Å². The minimum absolute atomic E-state index is 0.146. The number of carbonyl (C=O) groups is 1. The maximum Gasteiger partial charge on any atom is 0.271 e. The van der Waals surface area contributed by atoms with Crippen LogP contribution in [0.15, 0.2) is 12.4 Å². The number of nitrogens with zero attached hydrogens (tertiary/aromatic N) is 3. The molecule has 104 valence electrons. The molecule has 2 N–H and O–H groups in total. The molecule has 0 saturated carbocycles. The summed E-state index contributed by atoms with van der Waals surface area (Å²) in [5.74, 6) is 0.489. The van der Waals surface area contributed by atoms with E-state index in [0.717, 1.165) is 32.5 Å². The van der Waals surface area contributed by atoms with Gasteiger partial charge in [-0.25, -0.2) is 4.98 Å². The molecular weight excluding hydrogens is 242 g/mol. The Morgan fingerprint density at radius 1 is 1.53 bits per heavy atom. The van der Waals surface area contributed by atoms with Crippen LogP contribution in [0.25, 0.3) is 0 Å². The van der Waals surface area contributed by atoms with E-state index < -0.39 is 0 Å². The molecule has 6 nitrogen and oxygen atoms in total. The van der Waals surface area contributed by atoms with Crippen molar-refractivity contribution < 1.29 is 4.79 Å². The Kier molecular flexibility index (Phi) is 4.68. The number of piperidine rings is 1. The molecular formula is C13H21N5O. The average Bonchev–Trinajstić information content (AvgIpc) is 2.39. The number of carbonyl (C=O) groups excluding carboxylic acids is 1. The Labute approximate surface area is 113 Å². The van der Waals surface area contributed by atoms with Crippen molar-refractivity contribution in [3.8, 4) is 0 Å².